The number of aromatic amines is 1. The second kappa shape index (κ2) is 4.43. The molecule has 0 saturated carbocycles. The number of thiazole rings is 1. The third-order valence-electron chi connectivity index (χ3n) is 2.62. The van der Waals surface area contributed by atoms with Crippen molar-refractivity contribution in [2.45, 2.75) is 0 Å². The van der Waals surface area contributed by atoms with Gasteiger partial charge >= 0.3 is 0 Å². The predicted molar refractivity (Wildman–Crippen MR) is 69.5 cm³/mol. The lowest BCUT2D eigenvalue weighted by molar-refractivity contribution is 0.589. The number of nitrogens with zero attached hydrogens (tertiary/aromatic N) is 2. The van der Waals surface area contributed by atoms with E-state index in [-0.39, 0.29) is 11.3 Å². The minimum absolute atomic E-state index is 0.132. The first-order chi connectivity index (χ1) is 9.16. The molecule has 0 unspecified atom stereocenters. The van der Waals surface area contributed by atoms with E-state index in [0.717, 1.165) is 0 Å². The van der Waals surface area contributed by atoms with Gasteiger partial charge in [0, 0.05) is 5.38 Å². The quantitative estimate of drug-likeness (QED) is 0.757. The van der Waals surface area contributed by atoms with Crippen molar-refractivity contribution in [3.8, 4) is 21.8 Å². The van der Waals surface area contributed by atoms with E-state index in [0.29, 0.717) is 16.4 Å². The van der Waals surface area contributed by atoms with Gasteiger partial charge in [-0.3, -0.25) is 5.10 Å². The Balaban J connectivity index is 2.10. The Morgan fingerprint density at radius 3 is 2.58 bits per heavy atom. The number of nitrogen functional groups attached to an aromatic ring is 1. The average molecular weight is 278 g/mol. The number of halogens is 2. The van der Waals surface area contributed by atoms with Gasteiger partial charge in [0.1, 0.15) is 22.5 Å². The number of nitrogens with two attached hydrogens (primary N) is 1. The van der Waals surface area contributed by atoms with Crippen LogP contribution in [0.4, 0.5) is 14.6 Å². The van der Waals surface area contributed by atoms with Crippen LogP contribution < -0.4 is 5.73 Å². The number of H-pyrrole nitrogens is 1. The zero-order valence-corrected chi connectivity index (χ0v) is 10.3. The van der Waals surface area contributed by atoms with Gasteiger partial charge in [0.05, 0.1) is 23.0 Å². The van der Waals surface area contributed by atoms with Gasteiger partial charge in [-0.15, -0.1) is 11.3 Å². The van der Waals surface area contributed by atoms with Crippen LogP contribution in [0, 0.1) is 11.6 Å². The summed E-state index contributed by atoms with van der Waals surface area (Å²) in [5, 5.41) is 8.51. The summed E-state index contributed by atoms with van der Waals surface area (Å²) in [6, 6.07) is 3.71. The van der Waals surface area contributed by atoms with E-state index < -0.39 is 11.6 Å². The Hall–Kier alpha value is -2.28. The fourth-order valence-electron chi connectivity index (χ4n) is 1.72. The molecule has 7 heteroatoms. The number of aromatic nitrogens is 3. The van der Waals surface area contributed by atoms with Crippen LogP contribution in [0.1, 0.15) is 0 Å². The molecule has 0 fully saturated rings. The highest BCUT2D eigenvalue weighted by Crippen LogP contribution is 2.33. The van der Waals surface area contributed by atoms with Gasteiger partial charge in [-0.1, -0.05) is 6.07 Å². The summed E-state index contributed by atoms with van der Waals surface area (Å²) in [5.74, 6) is -0.913. The minimum atomic E-state index is -0.642. The summed E-state index contributed by atoms with van der Waals surface area (Å²) in [6.07, 6.45) is 1.52. The largest absolute Gasteiger partial charge is 0.383 e. The molecule has 0 aliphatic carbocycles. The van der Waals surface area contributed by atoms with Crippen LogP contribution in [0.3, 0.4) is 0 Å². The minimum Gasteiger partial charge on any atom is -0.383 e. The molecule has 2 heterocycles. The molecule has 3 rings (SSSR count). The molecule has 1 aromatic carbocycles. The molecule has 96 valence electrons. The van der Waals surface area contributed by atoms with Gasteiger partial charge in [0.25, 0.3) is 0 Å². The van der Waals surface area contributed by atoms with Crippen molar-refractivity contribution >= 4 is 17.2 Å². The fourth-order valence-corrected chi connectivity index (χ4v) is 2.56. The molecule has 0 bridgehead atoms. The number of nitrogens with one attached hydrogen (secondary N) is 1. The molecule has 19 heavy (non-hydrogen) atoms. The normalized spacial score (nSPS) is 10.8. The molecule has 0 saturated heterocycles. The molecule has 0 radical (unpaired) electrons. The highest BCUT2D eigenvalue weighted by molar-refractivity contribution is 7.13. The standard InChI is InChI=1S/C12H8F2N4S/c13-7-2-1-3-8(14)10(7)9-5-19-12(17-9)6-4-16-18-11(6)15/h1-5H,(H3,15,16,18). The maximum Gasteiger partial charge on any atom is 0.135 e. The Bertz CT molecular complexity index is 715. The Morgan fingerprint density at radius 1 is 1.21 bits per heavy atom. The summed E-state index contributed by atoms with van der Waals surface area (Å²) in [6.45, 7) is 0. The highest BCUT2D eigenvalue weighted by atomic mass is 32.1. The first kappa shape index (κ1) is 11.8. The molecular weight excluding hydrogens is 270 g/mol. The lowest BCUT2D eigenvalue weighted by Crippen LogP contribution is -1.90. The van der Waals surface area contributed by atoms with Gasteiger partial charge in [0.2, 0.25) is 0 Å². The number of rotatable bonds is 2. The van der Waals surface area contributed by atoms with Crippen LogP contribution in [0.15, 0.2) is 29.8 Å². The van der Waals surface area contributed by atoms with E-state index in [1.54, 1.807) is 5.38 Å². The molecule has 0 amide bonds. The van der Waals surface area contributed by atoms with Crippen LogP contribution in [-0.2, 0) is 0 Å². The number of hydrogen-bond acceptors (Lipinski definition) is 4. The molecule has 2 aromatic heterocycles. The van der Waals surface area contributed by atoms with E-state index >= 15 is 0 Å². The van der Waals surface area contributed by atoms with Crippen LogP contribution in [0.5, 0.6) is 0 Å². The van der Waals surface area contributed by atoms with Crippen LogP contribution >= 0.6 is 11.3 Å². The average Bonchev–Trinajstić information content (AvgIpc) is 2.98. The molecule has 0 spiro atoms. The molecule has 0 atom stereocenters. The van der Waals surface area contributed by atoms with E-state index in [1.165, 1.54) is 35.7 Å². The highest BCUT2D eigenvalue weighted by Gasteiger charge is 2.16. The van der Waals surface area contributed by atoms with Gasteiger partial charge in [0.15, 0.2) is 0 Å². The van der Waals surface area contributed by atoms with E-state index in [9.17, 15) is 8.78 Å². The Morgan fingerprint density at radius 2 is 1.95 bits per heavy atom. The third kappa shape index (κ3) is 1.97. The summed E-state index contributed by atoms with van der Waals surface area (Å²) < 4.78 is 27.3. The molecule has 0 aliphatic rings. The molecule has 3 aromatic rings. The summed E-state index contributed by atoms with van der Waals surface area (Å²) >= 11 is 1.25. The van der Waals surface area contributed by atoms with Gasteiger partial charge in [-0.2, -0.15) is 5.10 Å². The third-order valence-corrected chi connectivity index (χ3v) is 3.50. The lowest BCUT2D eigenvalue weighted by Gasteiger charge is -2.00. The number of anilines is 1. The van der Waals surface area contributed by atoms with E-state index in [4.69, 9.17) is 5.73 Å². The second-order valence-corrected chi connectivity index (χ2v) is 4.69. The molecule has 4 nitrogen and oxygen atoms in total. The predicted octanol–water partition coefficient (Wildman–Crippen LogP) is 3.06. The summed E-state index contributed by atoms with van der Waals surface area (Å²) in [5.41, 5.74) is 6.41. The zero-order chi connectivity index (χ0) is 13.4. The number of benzene rings is 1. The maximum absolute atomic E-state index is 13.6. The number of hydrogen-bond donors (Lipinski definition) is 2. The van der Waals surface area contributed by atoms with Crippen molar-refractivity contribution in [2.75, 3.05) is 5.73 Å². The van der Waals surface area contributed by atoms with E-state index in [1.807, 2.05) is 0 Å². The van der Waals surface area contributed by atoms with Crippen molar-refractivity contribution in [3.05, 3.63) is 41.4 Å². The smallest absolute Gasteiger partial charge is 0.135 e. The zero-order valence-electron chi connectivity index (χ0n) is 9.52. The fraction of sp³-hybridized carbons (Fsp3) is 0. The molecule has 0 aliphatic heterocycles. The van der Waals surface area contributed by atoms with Crippen molar-refractivity contribution in [1.82, 2.24) is 15.2 Å². The van der Waals surface area contributed by atoms with Gasteiger partial charge in [-0.25, -0.2) is 13.8 Å². The lowest BCUT2D eigenvalue weighted by atomic mass is 10.1. The van der Waals surface area contributed by atoms with Crippen molar-refractivity contribution in [3.63, 3.8) is 0 Å². The molecular formula is C12H8F2N4S. The Kier molecular flexibility index (Phi) is 2.75. The summed E-state index contributed by atoms with van der Waals surface area (Å²) in [4.78, 5) is 4.20. The van der Waals surface area contributed by atoms with Gasteiger partial charge in [-0.05, 0) is 12.1 Å². The SMILES string of the molecule is Nc1[nH]ncc1-c1nc(-c2c(F)cccc2F)cs1. The molecule has 3 N–H and O–H groups in total. The van der Waals surface area contributed by atoms with E-state index in [2.05, 4.69) is 15.2 Å². The van der Waals surface area contributed by atoms with Crippen molar-refractivity contribution < 1.29 is 8.78 Å². The second-order valence-electron chi connectivity index (χ2n) is 3.83. The van der Waals surface area contributed by atoms with Crippen molar-refractivity contribution in [1.29, 1.82) is 0 Å². The van der Waals surface area contributed by atoms with Crippen molar-refractivity contribution in [2.24, 2.45) is 0 Å². The van der Waals surface area contributed by atoms with Gasteiger partial charge < -0.3 is 5.73 Å². The van der Waals surface area contributed by atoms with Crippen LogP contribution in [0.2, 0.25) is 0 Å². The van der Waals surface area contributed by atoms with Crippen LogP contribution in [-0.4, -0.2) is 15.2 Å². The Labute approximate surface area is 110 Å². The monoisotopic (exact) mass is 278 g/mol. The van der Waals surface area contributed by atoms with Crippen LogP contribution in [0.25, 0.3) is 21.8 Å². The maximum atomic E-state index is 13.6. The first-order valence-corrected chi connectivity index (χ1v) is 6.24. The first-order valence-electron chi connectivity index (χ1n) is 5.36. The summed E-state index contributed by atoms with van der Waals surface area (Å²) in [7, 11) is 0. The topological polar surface area (TPSA) is 67.6 Å².